The van der Waals surface area contributed by atoms with E-state index in [0.717, 1.165) is 38.4 Å². The highest BCUT2D eigenvalue weighted by Gasteiger charge is 2.34. The van der Waals surface area contributed by atoms with Gasteiger partial charge in [-0.1, -0.05) is 6.07 Å². The molecule has 1 aromatic carbocycles. The van der Waals surface area contributed by atoms with E-state index in [4.69, 9.17) is 4.74 Å². The fraction of sp³-hybridized carbons (Fsp3) is 0.478. The number of pyridine rings is 1. The summed E-state index contributed by atoms with van der Waals surface area (Å²) in [5.74, 6) is 0.160. The van der Waals surface area contributed by atoms with Gasteiger partial charge in [0.25, 0.3) is 5.91 Å². The predicted octanol–water partition coefficient (Wildman–Crippen LogP) is 3.86. The van der Waals surface area contributed by atoms with Crippen LogP contribution in [0.4, 0.5) is 24.7 Å². The van der Waals surface area contributed by atoms with Gasteiger partial charge in [0.2, 0.25) is 0 Å². The summed E-state index contributed by atoms with van der Waals surface area (Å²) >= 11 is 0. The molecule has 0 unspecified atom stereocenters. The Labute approximate surface area is 185 Å². The molecule has 0 radical (unpaired) electrons. The molecular weight excluding hydrogens is 421 g/mol. The predicted molar refractivity (Wildman–Crippen MR) is 116 cm³/mol. The molecule has 172 valence electrons. The van der Waals surface area contributed by atoms with Crippen LogP contribution in [0.15, 0.2) is 36.5 Å². The number of nitrogens with zero attached hydrogens (tertiary/aromatic N) is 3. The van der Waals surface area contributed by atoms with E-state index in [1.165, 1.54) is 6.07 Å². The van der Waals surface area contributed by atoms with Gasteiger partial charge in [-0.25, -0.2) is 4.98 Å². The van der Waals surface area contributed by atoms with Gasteiger partial charge in [-0.15, -0.1) is 0 Å². The van der Waals surface area contributed by atoms with Crippen LogP contribution in [-0.2, 0) is 17.5 Å². The lowest BCUT2D eigenvalue weighted by molar-refractivity contribution is -0.138. The molecule has 32 heavy (non-hydrogen) atoms. The molecule has 2 saturated heterocycles. The standard InChI is InChI=1S/C23H27F3N4O2/c24-23(25,26)20-15-18(29-11-13-32-14-12-29)7-6-17(20)16-28-22(31)19-5-4-8-27-21(19)30-9-2-1-3-10-30/h4-8,15H,1-3,9-14,16H2,(H,28,31). The van der Waals surface area contributed by atoms with Crippen molar-refractivity contribution in [2.75, 3.05) is 49.2 Å². The number of amides is 1. The maximum absolute atomic E-state index is 13.8. The monoisotopic (exact) mass is 448 g/mol. The van der Waals surface area contributed by atoms with E-state index in [1.54, 1.807) is 24.4 Å². The van der Waals surface area contributed by atoms with Crippen molar-refractivity contribution in [2.24, 2.45) is 0 Å². The molecule has 0 atom stereocenters. The molecule has 3 heterocycles. The average molecular weight is 448 g/mol. The van der Waals surface area contributed by atoms with Crippen LogP contribution in [0.3, 0.4) is 0 Å². The maximum atomic E-state index is 13.8. The van der Waals surface area contributed by atoms with Gasteiger partial charge in [0, 0.05) is 44.6 Å². The lowest BCUT2D eigenvalue weighted by Gasteiger charge is -2.30. The van der Waals surface area contributed by atoms with Gasteiger partial charge in [0.15, 0.2) is 0 Å². The van der Waals surface area contributed by atoms with Crippen LogP contribution in [0.2, 0.25) is 0 Å². The van der Waals surface area contributed by atoms with Crippen molar-refractivity contribution in [3.63, 3.8) is 0 Å². The van der Waals surface area contributed by atoms with Crippen molar-refractivity contribution in [2.45, 2.75) is 32.0 Å². The van der Waals surface area contributed by atoms with Gasteiger partial charge in [-0.3, -0.25) is 4.79 Å². The minimum Gasteiger partial charge on any atom is -0.378 e. The molecule has 0 saturated carbocycles. The quantitative estimate of drug-likeness (QED) is 0.753. The Balaban J connectivity index is 1.51. The number of carbonyl (C=O) groups excluding carboxylic acids is 1. The number of anilines is 2. The molecule has 6 nitrogen and oxygen atoms in total. The lowest BCUT2D eigenvalue weighted by atomic mass is 10.0. The number of morpholine rings is 1. The topological polar surface area (TPSA) is 57.7 Å². The number of hydrogen-bond donors (Lipinski definition) is 1. The van der Waals surface area contributed by atoms with E-state index in [2.05, 4.69) is 15.2 Å². The summed E-state index contributed by atoms with van der Waals surface area (Å²) in [6.45, 7) is 3.50. The van der Waals surface area contributed by atoms with E-state index in [-0.39, 0.29) is 12.1 Å². The first-order valence-corrected chi connectivity index (χ1v) is 10.9. The summed E-state index contributed by atoms with van der Waals surface area (Å²) in [6.07, 6.45) is 0.318. The molecule has 4 rings (SSSR count). The highest BCUT2D eigenvalue weighted by atomic mass is 19.4. The molecule has 2 aromatic rings. The SMILES string of the molecule is O=C(NCc1ccc(N2CCOCC2)cc1C(F)(F)F)c1cccnc1N1CCCCC1. The number of halogens is 3. The number of rotatable bonds is 5. The molecule has 1 aromatic heterocycles. The molecule has 0 spiro atoms. The largest absolute Gasteiger partial charge is 0.416 e. The minimum absolute atomic E-state index is 0.0336. The Bertz CT molecular complexity index is 939. The maximum Gasteiger partial charge on any atom is 0.416 e. The van der Waals surface area contributed by atoms with Crippen LogP contribution in [0.25, 0.3) is 0 Å². The normalized spacial score (nSPS) is 17.3. The molecule has 1 N–H and O–H groups in total. The molecule has 1 amide bonds. The van der Waals surface area contributed by atoms with Gasteiger partial charge < -0.3 is 19.9 Å². The first kappa shape index (κ1) is 22.4. The number of hydrogen-bond acceptors (Lipinski definition) is 5. The highest BCUT2D eigenvalue weighted by Crippen LogP contribution is 2.35. The summed E-state index contributed by atoms with van der Waals surface area (Å²) in [5.41, 5.74) is 0.193. The molecule has 0 aliphatic carbocycles. The van der Waals surface area contributed by atoms with Gasteiger partial charge in [0.1, 0.15) is 5.82 Å². The van der Waals surface area contributed by atoms with Crippen molar-refractivity contribution in [3.05, 3.63) is 53.2 Å². The Kier molecular flexibility index (Phi) is 6.83. The number of nitrogens with one attached hydrogen (secondary N) is 1. The summed E-state index contributed by atoms with van der Waals surface area (Å²) in [6, 6.07) is 7.61. The third-order valence-electron chi connectivity index (χ3n) is 5.90. The van der Waals surface area contributed by atoms with Crippen molar-refractivity contribution in [1.82, 2.24) is 10.3 Å². The highest BCUT2D eigenvalue weighted by molar-refractivity contribution is 5.98. The Morgan fingerprint density at radius 1 is 1.03 bits per heavy atom. The lowest BCUT2D eigenvalue weighted by Crippen LogP contribution is -2.36. The van der Waals surface area contributed by atoms with Crippen molar-refractivity contribution < 1.29 is 22.7 Å². The number of ether oxygens (including phenoxy) is 1. The molecule has 2 aliphatic rings. The van der Waals surface area contributed by atoms with E-state index in [9.17, 15) is 18.0 Å². The van der Waals surface area contributed by atoms with E-state index < -0.39 is 17.6 Å². The summed E-state index contributed by atoms with van der Waals surface area (Å²) in [7, 11) is 0. The van der Waals surface area contributed by atoms with Crippen LogP contribution in [-0.4, -0.2) is 50.3 Å². The Morgan fingerprint density at radius 3 is 2.50 bits per heavy atom. The molecule has 2 fully saturated rings. The zero-order valence-corrected chi connectivity index (χ0v) is 17.8. The van der Waals surface area contributed by atoms with Crippen LogP contribution < -0.4 is 15.1 Å². The minimum atomic E-state index is -4.52. The Hall–Kier alpha value is -2.81. The molecule has 2 aliphatic heterocycles. The number of alkyl halides is 3. The summed E-state index contributed by atoms with van der Waals surface area (Å²) in [5, 5.41) is 2.67. The van der Waals surface area contributed by atoms with Gasteiger partial charge in [0.05, 0.1) is 24.3 Å². The van der Waals surface area contributed by atoms with E-state index in [0.29, 0.717) is 43.4 Å². The first-order chi connectivity index (χ1) is 15.4. The smallest absolute Gasteiger partial charge is 0.378 e. The van der Waals surface area contributed by atoms with Crippen molar-refractivity contribution in [3.8, 4) is 0 Å². The summed E-state index contributed by atoms with van der Waals surface area (Å²) in [4.78, 5) is 21.2. The third kappa shape index (κ3) is 5.15. The number of aromatic nitrogens is 1. The van der Waals surface area contributed by atoms with Crippen LogP contribution >= 0.6 is 0 Å². The van der Waals surface area contributed by atoms with Crippen molar-refractivity contribution in [1.29, 1.82) is 0 Å². The van der Waals surface area contributed by atoms with Gasteiger partial charge >= 0.3 is 6.18 Å². The van der Waals surface area contributed by atoms with Crippen molar-refractivity contribution >= 4 is 17.4 Å². The zero-order chi connectivity index (χ0) is 22.6. The fourth-order valence-electron chi connectivity index (χ4n) is 4.20. The van der Waals surface area contributed by atoms with Crippen LogP contribution in [0.5, 0.6) is 0 Å². The van der Waals surface area contributed by atoms with Gasteiger partial charge in [-0.2, -0.15) is 13.2 Å². The van der Waals surface area contributed by atoms with E-state index in [1.807, 2.05) is 4.90 Å². The number of carbonyl (C=O) groups is 1. The first-order valence-electron chi connectivity index (χ1n) is 10.9. The zero-order valence-electron chi connectivity index (χ0n) is 17.8. The average Bonchev–Trinajstić information content (AvgIpc) is 2.83. The second kappa shape index (κ2) is 9.77. The van der Waals surface area contributed by atoms with Gasteiger partial charge in [-0.05, 0) is 49.1 Å². The molecular formula is C23H27F3N4O2. The van der Waals surface area contributed by atoms with E-state index >= 15 is 0 Å². The fourth-order valence-corrected chi connectivity index (χ4v) is 4.20. The summed E-state index contributed by atoms with van der Waals surface area (Å²) < 4.78 is 46.6. The second-order valence-electron chi connectivity index (χ2n) is 8.04. The van der Waals surface area contributed by atoms with Crippen LogP contribution in [0.1, 0.15) is 40.7 Å². The van der Waals surface area contributed by atoms with Crippen LogP contribution in [0, 0.1) is 0 Å². The third-order valence-corrected chi connectivity index (χ3v) is 5.90. The molecule has 9 heteroatoms. The number of benzene rings is 1. The molecule has 0 bridgehead atoms. The number of piperidine rings is 1. The Morgan fingerprint density at radius 2 is 1.78 bits per heavy atom. The second-order valence-corrected chi connectivity index (χ2v) is 8.04.